The van der Waals surface area contributed by atoms with E-state index in [1.165, 1.54) is 19.3 Å². The molecule has 3 nitrogen and oxygen atoms in total. The van der Waals surface area contributed by atoms with Crippen LogP contribution in [0.2, 0.25) is 0 Å². The first-order valence-corrected chi connectivity index (χ1v) is 8.65. The van der Waals surface area contributed by atoms with Gasteiger partial charge in [-0.25, -0.2) is 0 Å². The maximum Gasteiger partial charge on any atom is 0.120 e. The van der Waals surface area contributed by atoms with Crippen LogP contribution in [0.4, 0.5) is 0 Å². The van der Waals surface area contributed by atoms with Crippen molar-refractivity contribution in [2.45, 2.75) is 45.3 Å². The molecule has 2 N–H and O–H groups in total. The van der Waals surface area contributed by atoms with Gasteiger partial charge >= 0.3 is 0 Å². The third-order valence-electron chi connectivity index (χ3n) is 4.56. The highest BCUT2D eigenvalue weighted by molar-refractivity contribution is 9.10. The predicted octanol–water partition coefficient (Wildman–Crippen LogP) is 3.60. The summed E-state index contributed by atoms with van der Waals surface area (Å²) >= 11 is 3.41. The number of halogens is 1. The number of ether oxygens (including phenoxy) is 1. The summed E-state index contributed by atoms with van der Waals surface area (Å²) in [6.07, 6.45) is 3.35. The maximum atomic E-state index is 10.1. The zero-order chi connectivity index (χ0) is 15.2. The molecule has 0 bridgehead atoms. The monoisotopic (exact) mass is 355 g/mol. The molecule has 1 saturated carbocycles. The quantitative estimate of drug-likeness (QED) is 0.818. The molecule has 118 valence electrons. The standard InChI is InChI=1S/C17H26BrNO2/c1-12-5-3-8-17(13(12)2)19-10-15(20)11-21-16-7-4-6-14(18)9-16/h4,6-7,9,12-13,15,17,19-20H,3,5,8,10-11H2,1-2H3. The van der Waals surface area contributed by atoms with Crippen molar-refractivity contribution in [2.24, 2.45) is 11.8 Å². The van der Waals surface area contributed by atoms with E-state index >= 15 is 0 Å². The number of aliphatic hydroxyl groups excluding tert-OH is 1. The molecule has 1 fully saturated rings. The minimum Gasteiger partial charge on any atom is -0.491 e. The van der Waals surface area contributed by atoms with Crippen LogP contribution in [0, 0.1) is 11.8 Å². The number of nitrogens with one attached hydrogen (secondary N) is 1. The van der Waals surface area contributed by atoms with Crippen molar-refractivity contribution < 1.29 is 9.84 Å². The highest BCUT2D eigenvalue weighted by Crippen LogP contribution is 2.29. The largest absolute Gasteiger partial charge is 0.491 e. The minimum absolute atomic E-state index is 0.320. The van der Waals surface area contributed by atoms with Crippen LogP contribution >= 0.6 is 15.9 Å². The number of benzene rings is 1. The molecule has 0 heterocycles. The van der Waals surface area contributed by atoms with E-state index in [1.807, 2.05) is 24.3 Å². The summed E-state index contributed by atoms with van der Waals surface area (Å²) in [4.78, 5) is 0. The summed E-state index contributed by atoms with van der Waals surface area (Å²) in [6.45, 7) is 5.55. The van der Waals surface area contributed by atoms with Crippen molar-refractivity contribution in [3.63, 3.8) is 0 Å². The van der Waals surface area contributed by atoms with Gasteiger partial charge in [0.25, 0.3) is 0 Å². The normalized spacial score (nSPS) is 27.3. The van der Waals surface area contributed by atoms with Crippen LogP contribution in [0.3, 0.4) is 0 Å². The van der Waals surface area contributed by atoms with Crippen LogP contribution < -0.4 is 10.1 Å². The molecule has 4 heteroatoms. The summed E-state index contributed by atoms with van der Waals surface area (Å²) < 4.78 is 6.60. The van der Waals surface area contributed by atoms with Gasteiger partial charge in [0.1, 0.15) is 18.5 Å². The van der Waals surface area contributed by atoms with Crippen LogP contribution in [0.15, 0.2) is 28.7 Å². The van der Waals surface area contributed by atoms with E-state index in [1.54, 1.807) is 0 Å². The van der Waals surface area contributed by atoms with Gasteiger partial charge in [-0.05, 0) is 36.5 Å². The molecule has 0 radical (unpaired) electrons. The first-order valence-electron chi connectivity index (χ1n) is 7.86. The Kier molecular flexibility index (Phi) is 6.52. The lowest BCUT2D eigenvalue weighted by Gasteiger charge is -2.35. The molecule has 21 heavy (non-hydrogen) atoms. The lowest BCUT2D eigenvalue weighted by molar-refractivity contribution is 0.0946. The molecule has 0 aromatic heterocycles. The van der Waals surface area contributed by atoms with E-state index in [0.717, 1.165) is 16.1 Å². The molecule has 4 unspecified atom stereocenters. The second kappa shape index (κ2) is 8.16. The van der Waals surface area contributed by atoms with E-state index in [9.17, 15) is 5.11 Å². The molecule has 2 rings (SSSR count). The molecule has 0 amide bonds. The van der Waals surface area contributed by atoms with Crippen LogP contribution in [0.1, 0.15) is 33.1 Å². The summed E-state index contributed by atoms with van der Waals surface area (Å²) in [5.41, 5.74) is 0. The Bertz CT molecular complexity index is 441. The van der Waals surface area contributed by atoms with E-state index in [4.69, 9.17) is 4.74 Å². The molecule has 0 aliphatic heterocycles. The summed E-state index contributed by atoms with van der Waals surface area (Å²) in [5, 5.41) is 13.6. The fourth-order valence-electron chi connectivity index (χ4n) is 2.97. The predicted molar refractivity (Wildman–Crippen MR) is 89.6 cm³/mol. The Labute approximate surface area is 136 Å². The number of rotatable bonds is 6. The minimum atomic E-state index is -0.478. The Morgan fingerprint density at radius 1 is 1.38 bits per heavy atom. The fourth-order valence-corrected chi connectivity index (χ4v) is 3.34. The van der Waals surface area contributed by atoms with Gasteiger partial charge in [-0.2, -0.15) is 0 Å². The Morgan fingerprint density at radius 3 is 2.95 bits per heavy atom. The third kappa shape index (κ3) is 5.28. The van der Waals surface area contributed by atoms with Crippen molar-refractivity contribution in [1.29, 1.82) is 0 Å². The van der Waals surface area contributed by atoms with Gasteiger partial charge in [-0.15, -0.1) is 0 Å². The van der Waals surface area contributed by atoms with Crippen LogP contribution in [-0.2, 0) is 0 Å². The van der Waals surface area contributed by atoms with E-state index < -0.39 is 6.10 Å². The summed E-state index contributed by atoms with van der Waals surface area (Å²) in [5.74, 6) is 2.23. The second-order valence-electron chi connectivity index (χ2n) is 6.20. The smallest absolute Gasteiger partial charge is 0.120 e. The van der Waals surface area contributed by atoms with E-state index in [0.29, 0.717) is 25.1 Å². The van der Waals surface area contributed by atoms with Gasteiger partial charge in [0.05, 0.1) is 0 Å². The van der Waals surface area contributed by atoms with Gasteiger partial charge in [0.2, 0.25) is 0 Å². The highest BCUT2D eigenvalue weighted by Gasteiger charge is 2.26. The molecule has 1 aliphatic carbocycles. The number of aliphatic hydroxyl groups is 1. The Balaban J connectivity index is 1.71. The second-order valence-corrected chi connectivity index (χ2v) is 7.12. The molecule has 0 spiro atoms. The molecule has 1 aromatic rings. The van der Waals surface area contributed by atoms with E-state index in [2.05, 4.69) is 35.1 Å². The molecule has 0 saturated heterocycles. The van der Waals surface area contributed by atoms with Crippen molar-refractivity contribution in [3.05, 3.63) is 28.7 Å². The van der Waals surface area contributed by atoms with E-state index in [-0.39, 0.29) is 0 Å². The van der Waals surface area contributed by atoms with Crippen molar-refractivity contribution in [3.8, 4) is 5.75 Å². The average molecular weight is 356 g/mol. The zero-order valence-corrected chi connectivity index (χ0v) is 14.5. The molecular weight excluding hydrogens is 330 g/mol. The number of hydrogen-bond acceptors (Lipinski definition) is 3. The van der Waals surface area contributed by atoms with Crippen molar-refractivity contribution in [2.75, 3.05) is 13.2 Å². The first kappa shape index (κ1) is 16.8. The SMILES string of the molecule is CC1CCCC(NCC(O)COc2cccc(Br)c2)C1C. The zero-order valence-electron chi connectivity index (χ0n) is 12.9. The lowest BCUT2D eigenvalue weighted by atomic mass is 9.78. The number of hydrogen-bond donors (Lipinski definition) is 2. The van der Waals surface area contributed by atoms with Gasteiger partial charge in [0, 0.05) is 17.1 Å². The highest BCUT2D eigenvalue weighted by atomic mass is 79.9. The molecular formula is C17H26BrNO2. The first-order chi connectivity index (χ1) is 10.1. The lowest BCUT2D eigenvalue weighted by Crippen LogP contribution is -2.44. The van der Waals surface area contributed by atoms with Crippen LogP contribution in [-0.4, -0.2) is 30.4 Å². The Hall–Kier alpha value is -0.580. The molecule has 1 aromatic carbocycles. The fraction of sp³-hybridized carbons (Fsp3) is 0.647. The van der Waals surface area contributed by atoms with Crippen LogP contribution in [0.25, 0.3) is 0 Å². The average Bonchev–Trinajstić information content (AvgIpc) is 2.47. The van der Waals surface area contributed by atoms with Gasteiger partial charge in [-0.1, -0.05) is 48.7 Å². The summed E-state index contributed by atoms with van der Waals surface area (Å²) in [6, 6.07) is 8.21. The molecule has 1 aliphatic rings. The van der Waals surface area contributed by atoms with Gasteiger partial charge in [0.15, 0.2) is 0 Å². The third-order valence-corrected chi connectivity index (χ3v) is 5.05. The van der Waals surface area contributed by atoms with Crippen molar-refractivity contribution in [1.82, 2.24) is 5.32 Å². The van der Waals surface area contributed by atoms with Crippen LogP contribution in [0.5, 0.6) is 5.75 Å². The summed E-state index contributed by atoms with van der Waals surface area (Å²) in [7, 11) is 0. The van der Waals surface area contributed by atoms with Crippen molar-refractivity contribution >= 4 is 15.9 Å². The Morgan fingerprint density at radius 2 is 2.19 bits per heavy atom. The topological polar surface area (TPSA) is 41.5 Å². The van der Waals surface area contributed by atoms with Gasteiger partial charge in [-0.3, -0.25) is 0 Å². The van der Waals surface area contributed by atoms with Gasteiger partial charge < -0.3 is 15.2 Å². The maximum absolute atomic E-state index is 10.1. The molecule has 4 atom stereocenters.